The first-order valence-corrected chi connectivity index (χ1v) is 11.0. The molecule has 1 unspecified atom stereocenters. The van der Waals surface area contributed by atoms with Crippen molar-refractivity contribution in [3.8, 4) is 0 Å². The number of carbonyl (C=O) groups excluding carboxylic acids is 2. The normalized spacial score (nSPS) is 22.4. The summed E-state index contributed by atoms with van der Waals surface area (Å²) in [4.78, 5) is 28.4. The third-order valence-electron chi connectivity index (χ3n) is 5.17. The molecule has 172 valence electrons. The van der Waals surface area contributed by atoms with Crippen LogP contribution in [-0.4, -0.2) is 79.2 Å². The first-order valence-electron chi connectivity index (χ1n) is 11.0. The highest BCUT2D eigenvalue weighted by Crippen LogP contribution is 2.18. The molecule has 0 saturated carbocycles. The minimum absolute atomic E-state index is 0.229. The summed E-state index contributed by atoms with van der Waals surface area (Å²) in [5.41, 5.74) is 0.472. The molecule has 1 amide bonds. The number of ether oxygens (including phenoxy) is 4. The first-order chi connectivity index (χ1) is 14.8. The van der Waals surface area contributed by atoms with Crippen molar-refractivity contribution in [1.82, 2.24) is 9.80 Å². The molecule has 8 heteroatoms. The topological polar surface area (TPSA) is 77.5 Å². The van der Waals surface area contributed by atoms with Gasteiger partial charge in [-0.2, -0.15) is 0 Å². The lowest BCUT2D eigenvalue weighted by Gasteiger charge is -2.35. The van der Waals surface area contributed by atoms with E-state index in [1.165, 1.54) is 0 Å². The molecule has 0 bridgehead atoms. The van der Waals surface area contributed by atoms with Crippen LogP contribution in [0.1, 0.15) is 39.2 Å². The Bertz CT molecular complexity index is 713. The largest absolute Gasteiger partial charge is 0.459 e. The number of esters is 1. The number of nitrogens with zero attached hydrogens (tertiary/aromatic N) is 2. The molecule has 3 rings (SSSR count). The van der Waals surface area contributed by atoms with Crippen LogP contribution in [0.3, 0.4) is 0 Å². The van der Waals surface area contributed by atoms with Crippen molar-refractivity contribution >= 4 is 12.1 Å². The van der Waals surface area contributed by atoms with Gasteiger partial charge in [0.05, 0.1) is 6.61 Å². The molecule has 0 aromatic heterocycles. The summed E-state index contributed by atoms with van der Waals surface area (Å²) in [6.45, 7) is 9.97. The number of hydrogen-bond donors (Lipinski definition) is 0. The molecule has 8 nitrogen and oxygen atoms in total. The number of carbonyl (C=O) groups is 2. The predicted molar refractivity (Wildman–Crippen MR) is 114 cm³/mol. The highest BCUT2D eigenvalue weighted by molar-refractivity contribution is 5.75. The molecule has 2 heterocycles. The Morgan fingerprint density at radius 3 is 2.48 bits per heavy atom. The Morgan fingerprint density at radius 2 is 1.81 bits per heavy atom. The first kappa shape index (κ1) is 23.5. The maximum Gasteiger partial charge on any atom is 0.410 e. The van der Waals surface area contributed by atoms with Gasteiger partial charge < -0.3 is 23.8 Å². The quantitative estimate of drug-likeness (QED) is 0.611. The van der Waals surface area contributed by atoms with Crippen LogP contribution < -0.4 is 0 Å². The Labute approximate surface area is 184 Å². The summed E-state index contributed by atoms with van der Waals surface area (Å²) >= 11 is 0. The number of hydrogen-bond acceptors (Lipinski definition) is 7. The van der Waals surface area contributed by atoms with E-state index >= 15 is 0 Å². The Hall–Kier alpha value is -2.16. The van der Waals surface area contributed by atoms with Crippen molar-refractivity contribution in [2.45, 2.75) is 58.2 Å². The van der Waals surface area contributed by atoms with E-state index in [9.17, 15) is 9.59 Å². The van der Waals surface area contributed by atoms with Crippen LogP contribution >= 0.6 is 0 Å². The molecule has 2 aliphatic heterocycles. The zero-order valence-electron chi connectivity index (χ0n) is 18.7. The molecule has 2 atom stereocenters. The molecule has 2 aliphatic rings. The average molecular weight is 435 g/mol. The summed E-state index contributed by atoms with van der Waals surface area (Å²) < 4.78 is 22.1. The molecule has 1 aromatic rings. The highest BCUT2D eigenvalue weighted by Gasteiger charge is 2.33. The lowest BCUT2D eigenvalue weighted by Crippen LogP contribution is -2.50. The molecular formula is C23H34N2O6. The Kier molecular flexibility index (Phi) is 8.28. The maximum absolute atomic E-state index is 12.2. The van der Waals surface area contributed by atoms with E-state index in [-0.39, 0.29) is 31.6 Å². The molecule has 0 aliphatic carbocycles. The van der Waals surface area contributed by atoms with Crippen LogP contribution in [0.15, 0.2) is 30.3 Å². The standard InChI is InChI=1S/C23H34N2O6/c1-23(2,3)31-22(27)25-14-12-24(13-15-25)11-7-10-20-28-17-19(30-20)21(26)29-16-18-8-5-4-6-9-18/h4-6,8-9,19-20H,7,10-17H2,1-3H3/t19-,20?/m1/s1. The van der Waals surface area contributed by atoms with Crippen LogP contribution in [0.25, 0.3) is 0 Å². The van der Waals surface area contributed by atoms with Gasteiger partial charge in [-0.05, 0) is 45.7 Å². The van der Waals surface area contributed by atoms with E-state index in [2.05, 4.69) is 4.90 Å². The van der Waals surface area contributed by atoms with Crippen LogP contribution in [0, 0.1) is 0 Å². The maximum atomic E-state index is 12.2. The zero-order chi connectivity index (χ0) is 22.3. The molecule has 0 N–H and O–H groups in total. The SMILES string of the molecule is CC(C)(C)OC(=O)N1CCN(CCCC2OC[C@H](C(=O)OCc3ccccc3)O2)CC1. The van der Waals surface area contributed by atoms with E-state index in [0.29, 0.717) is 13.1 Å². The molecule has 0 radical (unpaired) electrons. The second-order valence-corrected chi connectivity index (χ2v) is 8.93. The summed E-state index contributed by atoms with van der Waals surface area (Å²) in [6, 6.07) is 9.56. The summed E-state index contributed by atoms with van der Waals surface area (Å²) in [5, 5.41) is 0. The lowest BCUT2D eigenvalue weighted by molar-refractivity contribution is -0.158. The fourth-order valence-electron chi connectivity index (χ4n) is 3.52. The van der Waals surface area contributed by atoms with Gasteiger partial charge in [-0.15, -0.1) is 0 Å². The van der Waals surface area contributed by atoms with E-state index < -0.39 is 11.7 Å². The summed E-state index contributed by atoms with van der Waals surface area (Å²) in [7, 11) is 0. The molecule has 2 saturated heterocycles. The third-order valence-corrected chi connectivity index (χ3v) is 5.17. The Balaban J connectivity index is 1.28. The van der Waals surface area contributed by atoms with Gasteiger partial charge in [-0.3, -0.25) is 4.90 Å². The van der Waals surface area contributed by atoms with Crippen molar-refractivity contribution in [3.63, 3.8) is 0 Å². The Morgan fingerprint density at radius 1 is 1.10 bits per heavy atom. The minimum Gasteiger partial charge on any atom is -0.459 e. The number of benzene rings is 1. The number of rotatable bonds is 7. The second-order valence-electron chi connectivity index (χ2n) is 8.93. The minimum atomic E-state index is -0.661. The van der Waals surface area contributed by atoms with Crippen molar-refractivity contribution in [2.75, 3.05) is 39.3 Å². The van der Waals surface area contributed by atoms with Gasteiger partial charge in [0.2, 0.25) is 0 Å². The van der Waals surface area contributed by atoms with Gasteiger partial charge >= 0.3 is 12.1 Å². The van der Waals surface area contributed by atoms with Crippen molar-refractivity contribution < 1.29 is 28.5 Å². The van der Waals surface area contributed by atoms with Gasteiger partial charge in [0, 0.05) is 26.2 Å². The molecule has 31 heavy (non-hydrogen) atoms. The summed E-state index contributed by atoms with van der Waals surface area (Å²) in [5.74, 6) is -0.385. The fraction of sp³-hybridized carbons (Fsp3) is 0.652. The molecular weight excluding hydrogens is 400 g/mol. The monoisotopic (exact) mass is 434 g/mol. The zero-order valence-corrected chi connectivity index (χ0v) is 18.7. The third kappa shape index (κ3) is 7.79. The molecule has 1 aromatic carbocycles. The fourth-order valence-corrected chi connectivity index (χ4v) is 3.52. The number of amides is 1. The second kappa shape index (κ2) is 10.9. The van der Waals surface area contributed by atoms with Crippen LogP contribution in [0.4, 0.5) is 4.79 Å². The smallest absolute Gasteiger partial charge is 0.410 e. The van der Waals surface area contributed by atoms with Gasteiger partial charge in [-0.25, -0.2) is 9.59 Å². The van der Waals surface area contributed by atoms with E-state index in [1.807, 2.05) is 51.1 Å². The molecule has 2 fully saturated rings. The van der Waals surface area contributed by atoms with Gasteiger partial charge in [0.25, 0.3) is 0 Å². The van der Waals surface area contributed by atoms with Gasteiger partial charge in [-0.1, -0.05) is 30.3 Å². The van der Waals surface area contributed by atoms with Crippen molar-refractivity contribution in [1.29, 1.82) is 0 Å². The predicted octanol–water partition coefficient (Wildman–Crippen LogP) is 2.80. The van der Waals surface area contributed by atoms with E-state index in [4.69, 9.17) is 18.9 Å². The van der Waals surface area contributed by atoms with Gasteiger partial charge in [0.1, 0.15) is 12.2 Å². The van der Waals surface area contributed by atoms with Crippen molar-refractivity contribution in [3.05, 3.63) is 35.9 Å². The van der Waals surface area contributed by atoms with Crippen molar-refractivity contribution in [2.24, 2.45) is 0 Å². The van der Waals surface area contributed by atoms with Crippen LogP contribution in [-0.2, 0) is 30.3 Å². The highest BCUT2D eigenvalue weighted by atomic mass is 16.7. The summed E-state index contributed by atoms with van der Waals surface area (Å²) in [6.07, 6.45) is 0.325. The average Bonchev–Trinajstić information content (AvgIpc) is 3.21. The van der Waals surface area contributed by atoms with Crippen LogP contribution in [0.5, 0.6) is 0 Å². The van der Waals surface area contributed by atoms with E-state index in [1.54, 1.807) is 4.90 Å². The van der Waals surface area contributed by atoms with Gasteiger partial charge in [0.15, 0.2) is 12.4 Å². The molecule has 0 spiro atoms. The van der Waals surface area contributed by atoms with E-state index in [0.717, 1.165) is 38.0 Å². The lowest BCUT2D eigenvalue weighted by atomic mass is 10.2. The number of piperazine rings is 1. The van der Waals surface area contributed by atoms with Crippen LogP contribution in [0.2, 0.25) is 0 Å².